The van der Waals surface area contributed by atoms with Crippen LogP contribution in [0.1, 0.15) is 0 Å². The van der Waals surface area contributed by atoms with Crippen molar-refractivity contribution in [3.8, 4) is 0 Å². The van der Waals surface area contributed by atoms with Gasteiger partial charge >= 0.3 is 19.5 Å². The SMILES string of the molecule is O=P[O-].O=P[O-].P.[Zn+2]. The van der Waals surface area contributed by atoms with Crippen molar-refractivity contribution >= 4 is 27.3 Å². The van der Waals surface area contributed by atoms with Gasteiger partial charge in [-0.2, -0.15) is 9.90 Å². The minimum atomic E-state index is -1.08. The molecule has 0 spiro atoms. The zero-order valence-electron chi connectivity index (χ0n) is 3.94. The molecule has 0 aromatic heterocycles. The van der Waals surface area contributed by atoms with Crippen molar-refractivity contribution in [3.05, 3.63) is 0 Å². The fourth-order valence-corrected chi connectivity index (χ4v) is 0. The maximum Gasteiger partial charge on any atom is 2.00 e. The Kier molecular flexibility index (Phi) is 120. The Bertz CT molecular complexity index is 32.3. The summed E-state index contributed by atoms with van der Waals surface area (Å²) < 4.78 is 16.7. The fraction of sp³-hybridized carbons (Fsp3) is 0. The zero-order chi connectivity index (χ0) is 5.41. The molecule has 0 amide bonds. The van der Waals surface area contributed by atoms with Gasteiger partial charge in [0.25, 0.3) is 0 Å². The molecule has 1 atom stereocenters. The Morgan fingerprint density at radius 2 is 1.00 bits per heavy atom. The van der Waals surface area contributed by atoms with Gasteiger partial charge in [0.1, 0.15) is 0 Å². The van der Waals surface area contributed by atoms with Gasteiger partial charge in [0.2, 0.25) is 0 Å². The Hall–Kier alpha value is 1.17. The summed E-state index contributed by atoms with van der Waals surface area (Å²) in [7, 11) is -2.17. The van der Waals surface area contributed by atoms with Crippen LogP contribution >= 0.6 is 27.3 Å². The van der Waals surface area contributed by atoms with Gasteiger partial charge in [-0.1, -0.05) is 0 Å². The molecule has 0 saturated carbocycles. The third kappa shape index (κ3) is 199. The van der Waals surface area contributed by atoms with E-state index >= 15 is 0 Å². The topological polar surface area (TPSA) is 80.3 Å². The largest absolute Gasteiger partial charge is 2.00 e. The molecule has 0 aromatic carbocycles. The molecule has 0 aromatic rings. The molecule has 8 heavy (non-hydrogen) atoms. The van der Waals surface area contributed by atoms with E-state index in [-0.39, 0.29) is 29.4 Å². The Labute approximate surface area is 66.0 Å². The van der Waals surface area contributed by atoms with E-state index in [0.29, 0.717) is 0 Å². The minimum absolute atomic E-state index is 0. The maximum absolute atomic E-state index is 8.35. The van der Waals surface area contributed by atoms with Crippen molar-refractivity contribution < 1.29 is 38.4 Å². The van der Waals surface area contributed by atoms with Crippen molar-refractivity contribution in [3.63, 3.8) is 0 Å². The molecule has 1 unspecified atom stereocenters. The first kappa shape index (κ1) is 22.9. The average molecular weight is 225 g/mol. The van der Waals surface area contributed by atoms with Gasteiger partial charge in [0.05, 0.1) is 17.4 Å². The number of hydrogen-bond donors (Lipinski definition) is 0. The van der Waals surface area contributed by atoms with E-state index in [1.165, 1.54) is 0 Å². The van der Waals surface area contributed by atoms with E-state index in [4.69, 9.17) is 18.9 Å². The summed E-state index contributed by atoms with van der Waals surface area (Å²) in [5.74, 6) is 0. The molecular formula is H3O4P3Zn. The summed E-state index contributed by atoms with van der Waals surface area (Å²) in [5.41, 5.74) is 0. The standard InChI is InChI=1S/2HO2P.H3P.Zn/c2*1-3-2;;/h2*(H,1,2);1H3;/q;;;+2/p-2. The minimum Gasteiger partial charge on any atom is -0.772 e. The van der Waals surface area contributed by atoms with Crippen LogP contribution in [-0.4, -0.2) is 0 Å². The van der Waals surface area contributed by atoms with E-state index in [1.54, 1.807) is 0 Å². The van der Waals surface area contributed by atoms with E-state index in [9.17, 15) is 0 Å². The van der Waals surface area contributed by atoms with Crippen LogP contribution in [0.4, 0.5) is 0 Å². The third-order valence-electron chi connectivity index (χ3n) is 0. The molecule has 44 valence electrons. The second-order valence-electron chi connectivity index (χ2n) is 0.149. The molecule has 0 aliphatic carbocycles. The monoisotopic (exact) mass is 224 g/mol. The van der Waals surface area contributed by atoms with Crippen LogP contribution in [0, 0.1) is 0 Å². The van der Waals surface area contributed by atoms with E-state index in [1.807, 2.05) is 0 Å². The summed E-state index contributed by atoms with van der Waals surface area (Å²) in [6, 6.07) is 0. The Morgan fingerprint density at radius 1 is 1.00 bits per heavy atom. The van der Waals surface area contributed by atoms with Gasteiger partial charge in [0.15, 0.2) is 0 Å². The first-order valence-electron chi connectivity index (χ1n) is 0.730. The number of hydrogen-bond acceptors (Lipinski definition) is 4. The first-order valence-corrected chi connectivity index (χ1v) is 2.19. The Morgan fingerprint density at radius 3 is 1.00 bits per heavy atom. The van der Waals surface area contributed by atoms with Crippen molar-refractivity contribution in [2.45, 2.75) is 0 Å². The molecule has 4 nitrogen and oxygen atoms in total. The van der Waals surface area contributed by atoms with Crippen molar-refractivity contribution in [2.24, 2.45) is 0 Å². The van der Waals surface area contributed by atoms with E-state index in [2.05, 4.69) is 0 Å². The molecule has 0 fully saturated rings. The normalized spacial score (nSPS) is 5.25. The summed E-state index contributed by atoms with van der Waals surface area (Å²) in [4.78, 5) is 16.7. The van der Waals surface area contributed by atoms with Crippen molar-refractivity contribution in [1.29, 1.82) is 0 Å². The molecule has 8 heteroatoms. The predicted molar refractivity (Wildman–Crippen MR) is 26.3 cm³/mol. The van der Waals surface area contributed by atoms with Crippen LogP contribution in [0.5, 0.6) is 0 Å². The third-order valence-corrected chi connectivity index (χ3v) is 0. The molecule has 0 rings (SSSR count). The summed E-state index contributed by atoms with van der Waals surface area (Å²) in [5, 5.41) is 0. The van der Waals surface area contributed by atoms with Crippen LogP contribution in [0.15, 0.2) is 0 Å². The zero-order valence-corrected chi connectivity index (χ0v) is 10.1. The van der Waals surface area contributed by atoms with Crippen molar-refractivity contribution in [2.75, 3.05) is 0 Å². The molecule has 0 aliphatic rings. The smallest absolute Gasteiger partial charge is 0.772 e. The van der Waals surface area contributed by atoms with Crippen LogP contribution in [0.25, 0.3) is 0 Å². The quantitative estimate of drug-likeness (QED) is 0.398. The molecule has 0 heterocycles. The molecule has 0 bridgehead atoms. The molecule has 0 saturated heterocycles. The van der Waals surface area contributed by atoms with Crippen LogP contribution < -0.4 is 9.79 Å². The summed E-state index contributed by atoms with van der Waals surface area (Å²) in [6.45, 7) is 0. The van der Waals surface area contributed by atoms with Gasteiger partial charge in [-0.3, -0.25) is 9.13 Å². The van der Waals surface area contributed by atoms with Crippen LogP contribution in [0.2, 0.25) is 0 Å². The molecule has 0 N–H and O–H groups in total. The van der Waals surface area contributed by atoms with Gasteiger partial charge in [-0.05, 0) is 0 Å². The average Bonchev–Trinajstić information content (AvgIpc) is 1.39. The predicted octanol–water partition coefficient (Wildman–Crippen LogP) is -0.838. The van der Waals surface area contributed by atoms with Gasteiger partial charge < -0.3 is 9.79 Å². The Balaban J connectivity index is -0.0000000160. The fourth-order valence-electron chi connectivity index (χ4n) is 0. The molecular weight excluding hydrogens is 222 g/mol. The van der Waals surface area contributed by atoms with Crippen molar-refractivity contribution in [1.82, 2.24) is 0 Å². The van der Waals surface area contributed by atoms with Gasteiger partial charge in [-0.15, -0.1) is 0 Å². The number of rotatable bonds is 0. The molecule has 0 radical (unpaired) electrons. The maximum atomic E-state index is 8.35. The van der Waals surface area contributed by atoms with Crippen LogP contribution in [-0.2, 0) is 28.6 Å². The summed E-state index contributed by atoms with van der Waals surface area (Å²) >= 11 is 0. The molecule has 0 aliphatic heterocycles. The first-order chi connectivity index (χ1) is 2.83. The second kappa shape index (κ2) is 41.8. The van der Waals surface area contributed by atoms with E-state index < -0.39 is 17.4 Å². The van der Waals surface area contributed by atoms with E-state index in [0.717, 1.165) is 0 Å². The second-order valence-corrected chi connectivity index (χ2v) is 0.447. The van der Waals surface area contributed by atoms with Gasteiger partial charge in [0, 0.05) is 0 Å². The van der Waals surface area contributed by atoms with Gasteiger partial charge in [-0.25, -0.2) is 0 Å². The summed E-state index contributed by atoms with van der Waals surface area (Å²) in [6.07, 6.45) is 0. The van der Waals surface area contributed by atoms with Crippen LogP contribution in [0.3, 0.4) is 0 Å².